The van der Waals surface area contributed by atoms with Gasteiger partial charge in [0.05, 0.1) is 17.6 Å². The van der Waals surface area contributed by atoms with Crippen LogP contribution in [-0.4, -0.2) is 52.6 Å². The fraction of sp³-hybridized carbons (Fsp3) is 0.556. The van der Waals surface area contributed by atoms with Crippen LogP contribution in [0, 0.1) is 19.3 Å². The Morgan fingerprint density at radius 1 is 1.09 bits per heavy atom. The molecule has 1 aromatic carbocycles. The van der Waals surface area contributed by atoms with Crippen molar-refractivity contribution in [2.24, 2.45) is 5.41 Å². The van der Waals surface area contributed by atoms with E-state index in [4.69, 9.17) is 9.84 Å². The number of carboxylic acid groups (broad SMARTS) is 1. The van der Waals surface area contributed by atoms with E-state index >= 15 is 0 Å². The number of hydrogen-bond donors (Lipinski definition) is 4. The lowest BCUT2D eigenvalue weighted by molar-refractivity contribution is -0.140. The zero-order valence-corrected chi connectivity index (χ0v) is 22.6. The summed E-state index contributed by atoms with van der Waals surface area (Å²) in [5, 5.41) is 31.1. The minimum Gasteiger partial charge on any atom is -0.491 e. The molecule has 4 N–H and O–H groups in total. The topological polar surface area (TPSA) is 116 Å². The molecule has 0 radical (unpaired) electrons. The number of aliphatic hydroxyl groups excluding tert-OH is 2. The maximum absolute atomic E-state index is 12.8. The number of aliphatic carboxylic acids is 1. The van der Waals surface area contributed by atoms with Crippen molar-refractivity contribution in [3.05, 3.63) is 50.7 Å². The molecule has 2 atom stereocenters. The van der Waals surface area contributed by atoms with Crippen LogP contribution in [0.25, 0.3) is 0 Å². The Kier molecular flexibility index (Phi) is 9.50. The van der Waals surface area contributed by atoms with Gasteiger partial charge in [0.25, 0.3) is 5.91 Å². The standard InChI is InChI=1S/C27H39NO6S/c1-8-27(9-2,18-10-11-20(16(3)12-18)34-15-21(30)26(5,6)7)22-13-17(4)23(35-22)24(31)28-19(14-29)25(32)33/h10-13,19,21,29-30H,8-9,14-15H2,1-7H3,(H,28,31)(H,32,33)/t19-,21?/m0/s1. The number of carboxylic acids is 1. The van der Waals surface area contributed by atoms with E-state index in [0.717, 1.165) is 40.2 Å². The molecule has 1 aromatic heterocycles. The second-order valence-electron chi connectivity index (χ2n) is 10.1. The minimum atomic E-state index is -1.35. The number of aliphatic hydroxyl groups is 2. The van der Waals surface area contributed by atoms with Gasteiger partial charge in [0, 0.05) is 10.3 Å². The number of rotatable bonds is 11. The van der Waals surface area contributed by atoms with Crippen molar-refractivity contribution < 1.29 is 29.6 Å². The molecule has 0 saturated heterocycles. The normalized spacial score (nSPS) is 13.9. The van der Waals surface area contributed by atoms with Gasteiger partial charge in [-0.15, -0.1) is 11.3 Å². The SMILES string of the molecule is CCC(CC)(c1ccc(OCC(O)C(C)(C)C)c(C)c1)c1cc(C)c(C(=O)N[C@@H](CO)C(=O)O)s1. The fourth-order valence-electron chi connectivity index (χ4n) is 4.03. The summed E-state index contributed by atoms with van der Waals surface area (Å²) >= 11 is 1.36. The Bertz CT molecular complexity index is 1030. The van der Waals surface area contributed by atoms with Crippen LogP contribution < -0.4 is 10.1 Å². The first-order valence-corrected chi connectivity index (χ1v) is 12.8. The molecule has 194 valence electrons. The van der Waals surface area contributed by atoms with Gasteiger partial charge in [0.2, 0.25) is 0 Å². The second-order valence-corrected chi connectivity index (χ2v) is 11.2. The zero-order chi connectivity index (χ0) is 26.6. The van der Waals surface area contributed by atoms with E-state index in [1.54, 1.807) is 0 Å². The maximum atomic E-state index is 12.8. The van der Waals surface area contributed by atoms with Gasteiger partial charge in [0.1, 0.15) is 12.4 Å². The van der Waals surface area contributed by atoms with E-state index < -0.39 is 30.6 Å². The number of carbonyl (C=O) groups excluding carboxylic acids is 1. The van der Waals surface area contributed by atoms with Gasteiger partial charge in [-0.25, -0.2) is 4.79 Å². The number of thiophene rings is 1. The summed E-state index contributed by atoms with van der Waals surface area (Å²) in [6, 6.07) is 6.74. The highest BCUT2D eigenvalue weighted by molar-refractivity contribution is 7.14. The monoisotopic (exact) mass is 505 g/mol. The highest BCUT2D eigenvalue weighted by atomic mass is 32.1. The van der Waals surface area contributed by atoms with Gasteiger partial charge < -0.3 is 25.4 Å². The molecule has 1 heterocycles. The third-order valence-electron chi connectivity index (χ3n) is 6.71. The lowest BCUT2D eigenvalue weighted by Gasteiger charge is -2.32. The molecule has 0 aliphatic heterocycles. The quantitative estimate of drug-likeness (QED) is 0.359. The third-order valence-corrected chi connectivity index (χ3v) is 8.15. The molecule has 0 saturated carbocycles. The Balaban J connectivity index is 2.38. The molecule has 7 nitrogen and oxygen atoms in total. The number of benzene rings is 1. The first kappa shape index (κ1) is 28.8. The summed E-state index contributed by atoms with van der Waals surface area (Å²) in [6.45, 7) is 13.5. The molecule has 0 spiro atoms. The minimum absolute atomic E-state index is 0.212. The highest BCUT2D eigenvalue weighted by Gasteiger charge is 2.34. The van der Waals surface area contributed by atoms with E-state index in [-0.39, 0.29) is 17.4 Å². The van der Waals surface area contributed by atoms with Gasteiger partial charge in [0.15, 0.2) is 6.04 Å². The average Bonchev–Trinajstić information content (AvgIpc) is 3.18. The molecule has 8 heteroatoms. The average molecular weight is 506 g/mol. The van der Waals surface area contributed by atoms with Crippen LogP contribution in [-0.2, 0) is 10.2 Å². The van der Waals surface area contributed by atoms with Crippen molar-refractivity contribution in [2.45, 2.75) is 78.9 Å². The van der Waals surface area contributed by atoms with Crippen LogP contribution in [0.15, 0.2) is 24.3 Å². The molecular weight excluding hydrogens is 466 g/mol. The van der Waals surface area contributed by atoms with E-state index in [1.807, 2.05) is 52.8 Å². The van der Waals surface area contributed by atoms with E-state index in [1.165, 1.54) is 11.3 Å². The Morgan fingerprint density at radius 2 is 1.71 bits per heavy atom. The van der Waals surface area contributed by atoms with Crippen LogP contribution >= 0.6 is 11.3 Å². The van der Waals surface area contributed by atoms with Crippen LogP contribution in [0.1, 0.15) is 78.7 Å². The van der Waals surface area contributed by atoms with Crippen molar-refractivity contribution in [1.29, 1.82) is 0 Å². The van der Waals surface area contributed by atoms with Crippen LogP contribution in [0.3, 0.4) is 0 Å². The first-order valence-electron chi connectivity index (χ1n) is 12.0. The molecule has 2 aromatic rings. The highest BCUT2D eigenvalue weighted by Crippen LogP contribution is 2.44. The summed E-state index contributed by atoms with van der Waals surface area (Å²) in [5.41, 5.74) is 2.24. The molecule has 0 bridgehead atoms. The van der Waals surface area contributed by atoms with Gasteiger partial charge in [-0.3, -0.25) is 4.79 Å². The number of amides is 1. The van der Waals surface area contributed by atoms with Crippen LogP contribution in [0.5, 0.6) is 5.75 Å². The van der Waals surface area contributed by atoms with Gasteiger partial charge in [-0.05, 0) is 60.9 Å². The number of ether oxygens (including phenoxy) is 1. The maximum Gasteiger partial charge on any atom is 0.328 e. The summed E-state index contributed by atoms with van der Waals surface area (Å²) in [5.74, 6) is -1.05. The zero-order valence-electron chi connectivity index (χ0n) is 21.8. The number of hydrogen-bond acceptors (Lipinski definition) is 6. The second kappa shape index (κ2) is 11.5. The number of carbonyl (C=O) groups is 2. The molecule has 1 amide bonds. The Morgan fingerprint density at radius 3 is 2.20 bits per heavy atom. The van der Waals surface area contributed by atoms with Crippen LogP contribution in [0.2, 0.25) is 0 Å². The van der Waals surface area contributed by atoms with Gasteiger partial charge in [-0.1, -0.05) is 46.8 Å². The van der Waals surface area contributed by atoms with E-state index in [0.29, 0.717) is 4.88 Å². The summed E-state index contributed by atoms with van der Waals surface area (Å²) in [6.07, 6.45) is 1.03. The number of nitrogens with one attached hydrogen (secondary N) is 1. The molecular formula is C27H39NO6S. The Hall–Kier alpha value is -2.42. The van der Waals surface area contributed by atoms with Crippen molar-refractivity contribution in [1.82, 2.24) is 5.32 Å². The Labute approximate surface area is 212 Å². The fourth-order valence-corrected chi connectivity index (χ4v) is 5.46. The molecule has 0 aliphatic rings. The van der Waals surface area contributed by atoms with Crippen molar-refractivity contribution in [2.75, 3.05) is 13.2 Å². The molecule has 35 heavy (non-hydrogen) atoms. The molecule has 0 aliphatic carbocycles. The summed E-state index contributed by atoms with van der Waals surface area (Å²) in [7, 11) is 0. The smallest absolute Gasteiger partial charge is 0.328 e. The third kappa shape index (κ3) is 6.42. The van der Waals surface area contributed by atoms with E-state index in [9.17, 15) is 19.8 Å². The van der Waals surface area contributed by atoms with Crippen molar-refractivity contribution in [3.8, 4) is 5.75 Å². The lowest BCUT2D eigenvalue weighted by Crippen LogP contribution is -2.43. The molecule has 2 rings (SSSR count). The molecule has 0 fully saturated rings. The van der Waals surface area contributed by atoms with Crippen LogP contribution in [0.4, 0.5) is 0 Å². The van der Waals surface area contributed by atoms with Gasteiger partial charge in [-0.2, -0.15) is 0 Å². The summed E-state index contributed by atoms with van der Waals surface area (Å²) in [4.78, 5) is 25.5. The lowest BCUT2D eigenvalue weighted by atomic mass is 9.74. The molecule has 1 unspecified atom stereocenters. The van der Waals surface area contributed by atoms with Crippen molar-refractivity contribution >= 4 is 23.2 Å². The first-order chi connectivity index (χ1) is 16.3. The van der Waals surface area contributed by atoms with Gasteiger partial charge >= 0.3 is 5.97 Å². The number of aryl methyl sites for hydroxylation is 2. The van der Waals surface area contributed by atoms with E-state index in [2.05, 4.69) is 25.2 Å². The predicted octanol–water partition coefficient (Wildman–Crippen LogP) is 4.43. The summed E-state index contributed by atoms with van der Waals surface area (Å²) < 4.78 is 5.92. The predicted molar refractivity (Wildman–Crippen MR) is 139 cm³/mol. The largest absolute Gasteiger partial charge is 0.491 e. The van der Waals surface area contributed by atoms with Crippen molar-refractivity contribution in [3.63, 3.8) is 0 Å².